The highest BCUT2D eigenvalue weighted by Crippen LogP contribution is 2.31. The zero-order valence-electron chi connectivity index (χ0n) is 12.4. The highest BCUT2D eigenvalue weighted by Gasteiger charge is 2.31. The molecule has 20 heavy (non-hydrogen) atoms. The normalized spacial score (nSPS) is 21.6. The number of nitrogens with two attached hydrogens (primary N) is 1. The van der Waals surface area contributed by atoms with Gasteiger partial charge >= 0.3 is 0 Å². The van der Waals surface area contributed by atoms with Gasteiger partial charge in [-0.1, -0.05) is 12.1 Å². The highest BCUT2D eigenvalue weighted by atomic mass is 16.5. The number of rotatable bonds is 4. The first kappa shape index (κ1) is 13.7. The number of hydrogen-bond donors (Lipinski definition) is 1. The molecule has 2 N–H and O–H groups in total. The lowest BCUT2D eigenvalue weighted by Gasteiger charge is -2.20. The molecule has 2 heterocycles. The Hall–Kier alpha value is -1.32. The van der Waals surface area contributed by atoms with Gasteiger partial charge in [-0.3, -0.25) is 0 Å². The molecule has 1 atom stereocenters. The van der Waals surface area contributed by atoms with E-state index >= 15 is 0 Å². The highest BCUT2D eigenvalue weighted by molar-refractivity contribution is 5.83. The van der Waals surface area contributed by atoms with Gasteiger partial charge in [0.1, 0.15) is 0 Å². The summed E-state index contributed by atoms with van der Waals surface area (Å²) in [5, 5.41) is 1.33. The molecule has 1 aromatic heterocycles. The summed E-state index contributed by atoms with van der Waals surface area (Å²) in [6, 6.07) is 8.70. The molecular weight excluding hydrogens is 248 g/mol. The van der Waals surface area contributed by atoms with E-state index in [0.29, 0.717) is 12.6 Å². The van der Waals surface area contributed by atoms with Crippen molar-refractivity contribution < 1.29 is 4.74 Å². The van der Waals surface area contributed by atoms with Crippen LogP contribution in [0.3, 0.4) is 0 Å². The molecule has 1 aliphatic heterocycles. The van der Waals surface area contributed by atoms with E-state index in [1.54, 1.807) is 0 Å². The average Bonchev–Trinajstić information content (AvgIpc) is 2.95. The summed E-state index contributed by atoms with van der Waals surface area (Å²) < 4.78 is 8.43. The van der Waals surface area contributed by atoms with E-state index in [2.05, 4.69) is 48.9 Å². The third-order valence-corrected chi connectivity index (χ3v) is 4.27. The summed E-state index contributed by atoms with van der Waals surface area (Å²) in [5.41, 5.74) is 8.37. The smallest absolute Gasteiger partial charge is 0.0762 e. The van der Waals surface area contributed by atoms with Crippen LogP contribution in [0.1, 0.15) is 32.3 Å². The monoisotopic (exact) mass is 272 g/mol. The summed E-state index contributed by atoms with van der Waals surface area (Å²) in [4.78, 5) is 0. The van der Waals surface area contributed by atoms with Gasteiger partial charge in [0.25, 0.3) is 0 Å². The van der Waals surface area contributed by atoms with Crippen molar-refractivity contribution >= 4 is 10.9 Å². The van der Waals surface area contributed by atoms with Gasteiger partial charge in [-0.2, -0.15) is 0 Å². The van der Waals surface area contributed by atoms with Crippen molar-refractivity contribution in [2.24, 2.45) is 5.73 Å². The van der Waals surface area contributed by atoms with Crippen molar-refractivity contribution in [3.8, 4) is 0 Å². The second kappa shape index (κ2) is 5.23. The maximum atomic E-state index is 6.11. The number of benzene rings is 1. The Morgan fingerprint density at radius 3 is 2.90 bits per heavy atom. The van der Waals surface area contributed by atoms with Gasteiger partial charge in [0.15, 0.2) is 0 Å². The molecule has 2 aromatic rings. The zero-order chi connectivity index (χ0) is 14.2. The van der Waals surface area contributed by atoms with Crippen LogP contribution >= 0.6 is 0 Å². The van der Waals surface area contributed by atoms with E-state index in [1.165, 1.54) is 16.5 Å². The summed E-state index contributed by atoms with van der Waals surface area (Å²) in [5.74, 6) is 0. The van der Waals surface area contributed by atoms with Crippen molar-refractivity contribution in [1.29, 1.82) is 0 Å². The first-order chi connectivity index (χ1) is 9.59. The Labute approximate surface area is 120 Å². The SMILES string of the molecule is CC1(C)CCC(Cn2ccc3c(CCN)cccc32)O1. The van der Waals surface area contributed by atoms with Gasteiger partial charge in [0, 0.05) is 23.6 Å². The van der Waals surface area contributed by atoms with E-state index in [-0.39, 0.29) is 5.60 Å². The Morgan fingerprint density at radius 1 is 1.35 bits per heavy atom. The predicted molar refractivity (Wildman–Crippen MR) is 82.9 cm³/mol. The summed E-state index contributed by atoms with van der Waals surface area (Å²) >= 11 is 0. The first-order valence-electron chi connectivity index (χ1n) is 7.54. The third kappa shape index (κ3) is 2.60. The second-order valence-electron chi connectivity index (χ2n) is 6.39. The molecule has 0 amide bonds. The number of nitrogens with zero attached hydrogens (tertiary/aromatic N) is 1. The second-order valence-corrected chi connectivity index (χ2v) is 6.39. The minimum Gasteiger partial charge on any atom is -0.370 e. The van der Waals surface area contributed by atoms with Crippen molar-refractivity contribution in [2.75, 3.05) is 6.54 Å². The lowest BCUT2D eigenvalue weighted by molar-refractivity contribution is -0.0212. The molecular formula is C17H24N2O. The van der Waals surface area contributed by atoms with Crippen LogP contribution in [0, 0.1) is 0 Å². The van der Waals surface area contributed by atoms with Gasteiger partial charge in [0.05, 0.1) is 11.7 Å². The maximum Gasteiger partial charge on any atom is 0.0762 e. The fraction of sp³-hybridized carbons (Fsp3) is 0.529. The van der Waals surface area contributed by atoms with Crippen LogP contribution < -0.4 is 5.73 Å². The lowest BCUT2D eigenvalue weighted by Crippen LogP contribution is -2.22. The van der Waals surface area contributed by atoms with Crippen LogP contribution in [0.2, 0.25) is 0 Å². The molecule has 1 fully saturated rings. The quantitative estimate of drug-likeness (QED) is 0.929. The van der Waals surface area contributed by atoms with Gasteiger partial charge < -0.3 is 15.0 Å². The number of hydrogen-bond acceptors (Lipinski definition) is 2. The van der Waals surface area contributed by atoms with E-state index < -0.39 is 0 Å². The molecule has 3 rings (SSSR count). The molecule has 0 spiro atoms. The molecule has 3 nitrogen and oxygen atoms in total. The molecule has 0 aliphatic carbocycles. The van der Waals surface area contributed by atoms with E-state index in [0.717, 1.165) is 25.8 Å². The average molecular weight is 272 g/mol. The van der Waals surface area contributed by atoms with Gasteiger partial charge in [-0.15, -0.1) is 0 Å². The van der Waals surface area contributed by atoms with Crippen molar-refractivity contribution in [1.82, 2.24) is 4.57 Å². The molecule has 0 radical (unpaired) electrons. The van der Waals surface area contributed by atoms with E-state index in [9.17, 15) is 0 Å². The van der Waals surface area contributed by atoms with Crippen LogP contribution in [0.25, 0.3) is 10.9 Å². The topological polar surface area (TPSA) is 40.2 Å². The van der Waals surface area contributed by atoms with Crippen LogP contribution in [0.4, 0.5) is 0 Å². The zero-order valence-corrected chi connectivity index (χ0v) is 12.4. The summed E-state index contributed by atoms with van der Waals surface area (Å²) in [6.45, 7) is 6.00. The Balaban J connectivity index is 1.84. The molecule has 0 saturated carbocycles. The Kier molecular flexibility index (Phi) is 3.57. The Morgan fingerprint density at radius 2 is 2.20 bits per heavy atom. The predicted octanol–water partition coefficient (Wildman–Crippen LogP) is 3.10. The fourth-order valence-corrected chi connectivity index (χ4v) is 3.25. The minimum atomic E-state index is 0.0400. The van der Waals surface area contributed by atoms with Gasteiger partial charge in [0.2, 0.25) is 0 Å². The molecule has 0 bridgehead atoms. The van der Waals surface area contributed by atoms with Gasteiger partial charge in [-0.25, -0.2) is 0 Å². The van der Waals surface area contributed by atoms with Crippen LogP contribution in [-0.4, -0.2) is 22.8 Å². The molecule has 3 heteroatoms. The van der Waals surface area contributed by atoms with E-state index in [1.807, 2.05) is 0 Å². The fourth-order valence-electron chi connectivity index (χ4n) is 3.25. The van der Waals surface area contributed by atoms with Gasteiger partial charge in [-0.05, 0) is 57.4 Å². The Bertz CT molecular complexity index is 600. The molecule has 108 valence electrons. The van der Waals surface area contributed by atoms with Crippen LogP contribution in [0.15, 0.2) is 30.5 Å². The lowest BCUT2D eigenvalue weighted by atomic mass is 10.1. The third-order valence-electron chi connectivity index (χ3n) is 4.27. The number of ether oxygens (including phenoxy) is 1. The molecule has 1 unspecified atom stereocenters. The molecule has 1 aliphatic rings. The van der Waals surface area contributed by atoms with E-state index in [4.69, 9.17) is 10.5 Å². The number of aromatic nitrogens is 1. The van der Waals surface area contributed by atoms with Crippen LogP contribution in [0.5, 0.6) is 0 Å². The summed E-state index contributed by atoms with van der Waals surface area (Å²) in [7, 11) is 0. The van der Waals surface area contributed by atoms with Crippen LogP contribution in [-0.2, 0) is 17.7 Å². The first-order valence-corrected chi connectivity index (χ1v) is 7.54. The standard InChI is InChI=1S/C17H24N2O/c1-17(2)9-6-14(20-17)12-19-11-8-15-13(7-10-18)4-3-5-16(15)19/h3-5,8,11,14H,6-7,9-10,12,18H2,1-2H3. The molecule has 1 aromatic carbocycles. The number of fused-ring (bicyclic) bond motifs is 1. The van der Waals surface area contributed by atoms with Crippen molar-refractivity contribution in [3.05, 3.63) is 36.0 Å². The largest absolute Gasteiger partial charge is 0.370 e. The van der Waals surface area contributed by atoms with Crippen molar-refractivity contribution in [3.63, 3.8) is 0 Å². The minimum absolute atomic E-state index is 0.0400. The maximum absolute atomic E-state index is 6.11. The summed E-state index contributed by atoms with van der Waals surface area (Å²) in [6.07, 6.45) is 5.75. The molecule has 1 saturated heterocycles. The van der Waals surface area contributed by atoms with Crippen molar-refractivity contribution in [2.45, 2.75) is 51.4 Å².